The predicted molar refractivity (Wildman–Crippen MR) is 287 cm³/mol. The van der Waals surface area contributed by atoms with E-state index in [1.54, 1.807) is 0 Å². The van der Waals surface area contributed by atoms with Gasteiger partial charge in [0.2, 0.25) is 0 Å². The average molecular weight is 867 g/mol. The standard InChI is InChI=1S/C68H50/c1-5-13-49(14-6-1)53-25-37-61(38-26-53)67(62-39-27-54(28-40-62)50-15-7-2-8-16-50)65-45-33-59(34-46-65)57-21-23-58(24-22-57)60-35-47-66(48-36-60)68(63-41-29-55(30-42-63)51-17-9-3-10-18-51)64-43-31-56(32-44-64)52-19-11-4-12-20-52/h1-48,67-68H. The van der Waals surface area contributed by atoms with Crippen LogP contribution in [0.15, 0.2) is 291 Å². The summed E-state index contributed by atoms with van der Waals surface area (Å²) in [4.78, 5) is 0. The normalized spacial score (nSPS) is 11.2. The number of hydrogen-bond acceptors (Lipinski definition) is 0. The van der Waals surface area contributed by atoms with Gasteiger partial charge in [0.25, 0.3) is 0 Å². The van der Waals surface area contributed by atoms with Crippen LogP contribution in [-0.4, -0.2) is 0 Å². The minimum atomic E-state index is 0.0888. The summed E-state index contributed by atoms with van der Waals surface area (Å²) in [7, 11) is 0. The summed E-state index contributed by atoms with van der Waals surface area (Å²) >= 11 is 0. The van der Waals surface area contributed by atoms with Crippen molar-refractivity contribution in [1.82, 2.24) is 0 Å². The Morgan fingerprint density at radius 3 is 0.382 bits per heavy atom. The van der Waals surface area contributed by atoms with E-state index in [1.807, 2.05) is 0 Å². The second kappa shape index (κ2) is 19.5. The van der Waals surface area contributed by atoms with Gasteiger partial charge in [-0.3, -0.25) is 0 Å². The predicted octanol–water partition coefficient (Wildman–Crippen LogP) is 18.0. The molecule has 11 aromatic rings. The smallest absolute Gasteiger partial charge is 0.0340 e. The van der Waals surface area contributed by atoms with Crippen LogP contribution >= 0.6 is 0 Å². The molecule has 0 heterocycles. The van der Waals surface area contributed by atoms with Gasteiger partial charge in [0.1, 0.15) is 0 Å². The van der Waals surface area contributed by atoms with Crippen LogP contribution in [0.5, 0.6) is 0 Å². The van der Waals surface area contributed by atoms with E-state index >= 15 is 0 Å². The first kappa shape index (κ1) is 42.1. The van der Waals surface area contributed by atoms with Crippen molar-refractivity contribution < 1.29 is 0 Å². The molecule has 0 bridgehead atoms. The molecule has 68 heavy (non-hydrogen) atoms. The lowest BCUT2D eigenvalue weighted by Crippen LogP contribution is -2.03. The van der Waals surface area contributed by atoms with Crippen molar-refractivity contribution in [3.63, 3.8) is 0 Å². The van der Waals surface area contributed by atoms with E-state index < -0.39 is 0 Å². The van der Waals surface area contributed by atoms with Gasteiger partial charge in [-0.15, -0.1) is 0 Å². The molecule has 11 aromatic carbocycles. The van der Waals surface area contributed by atoms with E-state index in [0.717, 1.165) is 0 Å². The zero-order valence-electron chi connectivity index (χ0n) is 37.9. The van der Waals surface area contributed by atoms with Crippen LogP contribution in [0, 0.1) is 0 Å². The van der Waals surface area contributed by atoms with Gasteiger partial charge in [-0.1, -0.05) is 291 Å². The van der Waals surface area contributed by atoms with Gasteiger partial charge in [-0.05, 0) is 100 Å². The van der Waals surface area contributed by atoms with Crippen LogP contribution in [-0.2, 0) is 0 Å². The Morgan fingerprint density at radius 2 is 0.235 bits per heavy atom. The third-order valence-electron chi connectivity index (χ3n) is 13.4. The van der Waals surface area contributed by atoms with Crippen molar-refractivity contribution in [3.8, 4) is 66.8 Å². The fraction of sp³-hybridized carbons (Fsp3) is 0.0294. The monoisotopic (exact) mass is 866 g/mol. The molecule has 0 aliphatic rings. The Labute approximate surface area is 401 Å². The Morgan fingerprint density at radius 1 is 0.118 bits per heavy atom. The maximum atomic E-state index is 2.31. The fourth-order valence-corrected chi connectivity index (χ4v) is 9.74. The van der Waals surface area contributed by atoms with E-state index in [1.165, 1.54) is 100 Å². The highest BCUT2D eigenvalue weighted by Gasteiger charge is 2.20. The lowest BCUT2D eigenvalue weighted by molar-refractivity contribution is 0.978. The third kappa shape index (κ3) is 9.14. The minimum Gasteiger partial charge on any atom is -0.0622 e. The molecular weight excluding hydrogens is 817 g/mol. The summed E-state index contributed by atoms with van der Waals surface area (Å²) in [6, 6.07) is 106. The maximum absolute atomic E-state index is 2.31. The largest absolute Gasteiger partial charge is 0.0622 e. The highest BCUT2D eigenvalue weighted by Crippen LogP contribution is 2.38. The second-order valence-electron chi connectivity index (χ2n) is 17.6. The first-order valence-electron chi connectivity index (χ1n) is 23.6. The zero-order valence-corrected chi connectivity index (χ0v) is 37.9. The molecule has 0 aliphatic carbocycles. The molecule has 0 atom stereocenters. The van der Waals surface area contributed by atoms with E-state index in [4.69, 9.17) is 0 Å². The van der Waals surface area contributed by atoms with Crippen LogP contribution in [0.3, 0.4) is 0 Å². The van der Waals surface area contributed by atoms with Gasteiger partial charge in [0.15, 0.2) is 0 Å². The highest BCUT2D eigenvalue weighted by atomic mass is 14.2. The molecule has 0 radical (unpaired) electrons. The molecule has 0 aliphatic heterocycles. The lowest BCUT2D eigenvalue weighted by atomic mass is 9.83. The topological polar surface area (TPSA) is 0 Å². The number of hydrogen-bond donors (Lipinski definition) is 0. The van der Waals surface area contributed by atoms with Crippen molar-refractivity contribution in [1.29, 1.82) is 0 Å². The van der Waals surface area contributed by atoms with Crippen molar-refractivity contribution in [2.24, 2.45) is 0 Å². The zero-order chi connectivity index (χ0) is 45.5. The van der Waals surface area contributed by atoms with Crippen LogP contribution in [0.1, 0.15) is 45.2 Å². The maximum Gasteiger partial charge on any atom is 0.0340 e. The molecule has 0 heteroatoms. The molecular formula is C68H50. The molecule has 0 saturated heterocycles. The Hall–Kier alpha value is -8.58. The van der Waals surface area contributed by atoms with Gasteiger partial charge in [0.05, 0.1) is 0 Å². The van der Waals surface area contributed by atoms with Gasteiger partial charge in [-0.2, -0.15) is 0 Å². The molecule has 0 saturated carbocycles. The fourth-order valence-electron chi connectivity index (χ4n) is 9.74. The summed E-state index contributed by atoms with van der Waals surface area (Å²) in [6.07, 6.45) is 0. The van der Waals surface area contributed by atoms with E-state index in [2.05, 4.69) is 291 Å². The Balaban J connectivity index is 0.852. The number of benzene rings is 11. The van der Waals surface area contributed by atoms with E-state index in [-0.39, 0.29) is 11.8 Å². The first-order valence-corrected chi connectivity index (χ1v) is 23.6. The quantitative estimate of drug-likeness (QED) is 0.107. The van der Waals surface area contributed by atoms with Crippen LogP contribution < -0.4 is 0 Å². The third-order valence-corrected chi connectivity index (χ3v) is 13.4. The van der Waals surface area contributed by atoms with E-state index in [9.17, 15) is 0 Å². The van der Waals surface area contributed by atoms with Crippen LogP contribution in [0.4, 0.5) is 0 Å². The molecule has 0 nitrogen and oxygen atoms in total. The highest BCUT2D eigenvalue weighted by molar-refractivity contribution is 5.73. The summed E-state index contributed by atoms with van der Waals surface area (Å²) in [5, 5.41) is 0. The van der Waals surface area contributed by atoms with Crippen molar-refractivity contribution in [2.75, 3.05) is 0 Å². The summed E-state index contributed by atoms with van der Waals surface area (Å²) in [5.74, 6) is 0.178. The molecule has 11 rings (SSSR count). The second-order valence-corrected chi connectivity index (χ2v) is 17.6. The number of rotatable bonds is 12. The molecule has 0 unspecified atom stereocenters. The summed E-state index contributed by atoms with van der Waals surface area (Å²) in [6.45, 7) is 0. The van der Waals surface area contributed by atoms with Gasteiger partial charge >= 0.3 is 0 Å². The SMILES string of the molecule is c1ccc(-c2ccc(C(c3ccc(-c4ccccc4)cc3)c3ccc(-c4ccc(-c5ccc(C(c6ccc(-c7ccccc7)cc6)c6ccc(-c7ccccc7)cc6)cc5)cc4)cc3)cc2)cc1. The van der Waals surface area contributed by atoms with Gasteiger partial charge in [-0.25, -0.2) is 0 Å². The van der Waals surface area contributed by atoms with Crippen LogP contribution in [0.2, 0.25) is 0 Å². The van der Waals surface area contributed by atoms with Gasteiger partial charge in [0, 0.05) is 11.8 Å². The average Bonchev–Trinajstić information content (AvgIpc) is 3.43. The molecule has 0 amide bonds. The molecule has 0 fully saturated rings. The molecule has 322 valence electrons. The van der Waals surface area contributed by atoms with Crippen molar-refractivity contribution in [3.05, 3.63) is 325 Å². The molecule has 0 N–H and O–H groups in total. The summed E-state index contributed by atoms with van der Waals surface area (Å²) < 4.78 is 0. The Bertz CT molecular complexity index is 2920. The van der Waals surface area contributed by atoms with E-state index in [0.29, 0.717) is 0 Å². The van der Waals surface area contributed by atoms with Crippen molar-refractivity contribution >= 4 is 0 Å². The van der Waals surface area contributed by atoms with Crippen LogP contribution in [0.25, 0.3) is 66.8 Å². The van der Waals surface area contributed by atoms with Gasteiger partial charge < -0.3 is 0 Å². The minimum absolute atomic E-state index is 0.0888. The lowest BCUT2D eigenvalue weighted by Gasteiger charge is -2.21. The molecule has 0 aromatic heterocycles. The Kier molecular flexibility index (Phi) is 12.1. The first-order chi connectivity index (χ1) is 33.7. The molecule has 0 spiro atoms. The summed E-state index contributed by atoms with van der Waals surface area (Å²) in [5.41, 5.74) is 22.2. The van der Waals surface area contributed by atoms with Crippen molar-refractivity contribution in [2.45, 2.75) is 11.8 Å².